The minimum atomic E-state index is -0.411. The van der Waals surface area contributed by atoms with Gasteiger partial charge in [0.1, 0.15) is 0 Å². The minimum Gasteiger partial charge on any atom is -0.352 e. The zero-order valence-corrected chi connectivity index (χ0v) is 16.8. The van der Waals surface area contributed by atoms with E-state index in [4.69, 9.17) is 11.6 Å². The molecule has 1 aromatic rings. The van der Waals surface area contributed by atoms with E-state index in [9.17, 15) is 4.79 Å². The highest BCUT2D eigenvalue weighted by atomic mass is 79.9. The van der Waals surface area contributed by atoms with E-state index in [1.54, 1.807) is 0 Å². The highest BCUT2D eigenvalue weighted by Gasteiger charge is 2.26. The molecule has 1 N–H and O–H groups in total. The van der Waals surface area contributed by atoms with Gasteiger partial charge in [-0.05, 0) is 31.8 Å². The molecule has 1 amide bonds. The van der Waals surface area contributed by atoms with Crippen molar-refractivity contribution in [2.45, 2.75) is 56.7 Å². The molecule has 1 saturated carbocycles. The zero-order chi connectivity index (χ0) is 17.3. The first kappa shape index (κ1) is 18.1. The number of hydrogen-bond donors (Lipinski definition) is 1. The number of aromatic nitrogens is 1. The van der Waals surface area contributed by atoms with Crippen molar-refractivity contribution in [3.8, 4) is 0 Å². The molecule has 1 atom stereocenters. The Morgan fingerprint density at radius 2 is 2.04 bits per heavy atom. The molecule has 1 fully saturated rings. The first-order valence-corrected chi connectivity index (χ1v) is 10.1. The van der Waals surface area contributed by atoms with Gasteiger partial charge in [0.2, 0.25) is 0 Å². The third-order valence-corrected chi connectivity index (χ3v) is 6.13. The van der Waals surface area contributed by atoms with Gasteiger partial charge in [-0.2, -0.15) is 0 Å². The number of fused-ring (bicyclic) bond motifs is 1. The number of hydrogen-bond acceptors (Lipinski definition) is 1. The van der Waals surface area contributed by atoms with Crippen molar-refractivity contribution in [2.24, 2.45) is 13.0 Å². The molecule has 5 heteroatoms. The molecular weight excluding hydrogens is 388 g/mol. The molecule has 1 heterocycles. The van der Waals surface area contributed by atoms with Crippen LogP contribution in [0, 0.1) is 5.92 Å². The summed E-state index contributed by atoms with van der Waals surface area (Å²) in [6.07, 6.45) is 12.4. The molecule has 0 spiro atoms. The molecule has 132 valence electrons. The summed E-state index contributed by atoms with van der Waals surface area (Å²) in [5.74, 6) is 0.653. The van der Waals surface area contributed by atoms with Gasteiger partial charge in [0.25, 0.3) is 5.91 Å². The fraction of sp³-hybridized carbons (Fsp3) is 0.632. The fourth-order valence-corrected chi connectivity index (χ4v) is 5.30. The van der Waals surface area contributed by atoms with Crippen molar-refractivity contribution in [2.75, 3.05) is 6.54 Å². The number of amides is 1. The predicted octanol–water partition coefficient (Wildman–Crippen LogP) is 3.41. The van der Waals surface area contributed by atoms with Crippen LogP contribution in [0.3, 0.4) is 0 Å². The number of rotatable bonds is 3. The van der Waals surface area contributed by atoms with E-state index in [0.717, 1.165) is 27.2 Å². The number of halogens is 2. The topological polar surface area (TPSA) is 34.0 Å². The molecule has 0 aromatic carbocycles. The van der Waals surface area contributed by atoms with Gasteiger partial charge in [0.05, 0.1) is 10.4 Å². The summed E-state index contributed by atoms with van der Waals surface area (Å²) in [6.45, 7) is 2.79. The van der Waals surface area contributed by atoms with Crippen LogP contribution in [0.4, 0.5) is 0 Å². The molecule has 3 rings (SSSR count). The van der Waals surface area contributed by atoms with Gasteiger partial charge in [0, 0.05) is 41.3 Å². The zero-order valence-electron chi connectivity index (χ0n) is 14.5. The number of alkyl halides is 1. The molecular formula is C19H26BrClN2O. The summed E-state index contributed by atoms with van der Waals surface area (Å²) < 4.78 is 3.01. The standard InChI is InChI=1S/C19H26BrClN2O/c1-19(21)9-15(20)17-14(12-23(2)16(17)10-19)18(24)22-11-13-7-5-3-4-6-8-13/h10,12-13H,3-9,11H2,1-2H3,(H,22,24). The van der Waals surface area contributed by atoms with E-state index >= 15 is 0 Å². The smallest absolute Gasteiger partial charge is 0.253 e. The van der Waals surface area contributed by atoms with Gasteiger partial charge >= 0.3 is 0 Å². The van der Waals surface area contributed by atoms with Crippen molar-refractivity contribution in [3.63, 3.8) is 0 Å². The number of aryl methyl sites for hydroxylation is 1. The predicted molar refractivity (Wildman–Crippen MR) is 104 cm³/mol. The first-order valence-electron chi connectivity index (χ1n) is 8.91. The maximum Gasteiger partial charge on any atom is 0.253 e. The molecule has 1 aromatic heterocycles. The van der Waals surface area contributed by atoms with Crippen LogP contribution >= 0.6 is 27.5 Å². The van der Waals surface area contributed by atoms with Gasteiger partial charge in [-0.25, -0.2) is 0 Å². The first-order chi connectivity index (χ1) is 11.4. The van der Waals surface area contributed by atoms with Gasteiger partial charge in [-0.1, -0.05) is 41.6 Å². The SMILES string of the molecule is Cn1cc(C(=O)NCC2CCCCCC2)c2c1=CC(C)(Cl)CC=2Br. The highest BCUT2D eigenvalue weighted by Crippen LogP contribution is 2.30. The van der Waals surface area contributed by atoms with E-state index in [2.05, 4.69) is 27.3 Å². The van der Waals surface area contributed by atoms with Crippen LogP contribution in [-0.2, 0) is 7.05 Å². The van der Waals surface area contributed by atoms with Gasteiger partial charge in [-0.3, -0.25) is 4.79 Å². The number of carbonyl (C=O) groups is 1. The molecule has 1 unspecified atom stereocenters. The Hall–Kier alpha value is -0.740. The second-order valence-electron chi connectivity index (χ2n) is 7.49. The molecule has 3 nitrogen and oxygen atoms in total. The summed E-state index contributed by atoms with van der Waals surface area (Å²) >= 11 is 10.2. The summed E-state index contributed by atoms with van der Waals surface area (Å²) in [5.41, 5.74) is 0.747. The van der Waals surface area contributed by atoms with Gasteiger partial charge in [0.15, 0.2) is 0 Å². The molecule has 2 aliphatic rings. The van der Waals surface area contributed by atoms with Crippen molar-refractivity contribution < 1.29 is 4.79 Å². The van der Waals surface area contributed by atoms with Crippen LogP contribution in [0.2, 0.25) is 0 Å². The average molecular weight is 414 g/mol. The minimum absolute atomic E-state index is 0.0274. The van der Waals surface area contributed by atoms with Crippen LogP contribution in [0.15, 0.2) is 6.20 Å². The third-order valence-electron chi connectivity index (χ3n) is 5.21. The van der Waals surface area contributed by atoms with E-state index in [-0.39, 0.29) is 5.91 Å². The summed E-state index contributed by atoms with van der Waals surface area (Å²) in [4.78, 5) is 12.3. The van der Waals surface area contributed by atoms with Crippen LogP contribution in [0.25, 0.3) is 10.6 Å². The van der Waals surface area contributed by atoms with E-state index in [1.807, 2.05) is 24.7 Å². The maximum atomic E-state index is 12.8. The number of nitrogens with zero attached hydrogens (tertiary/aromatic N) is 1. The molecule has 2 aliphatic carbocycles. The Morgan fingerprint density at radius 3 is 2.71 bits per heavy atom. The van der Waals surface area contributed by atoms with Crippen molar-refractivity contribution in [1.82, 2.24) is 9.88 Å². The Morgan fingerprint density at radius 1 is 1.38 bits per heavy atom. The van der Waals surface area contributed by atoms with E-state index in [1.165, 1.54) is 38.5 Å². The number of nitrogens with one attached hydrogen (secondary N) is 1. The normalized spacial score (nSPS) is 24.9. The van der Waals surface area contributed by atoms with Crippen LogP contribution in [0.1, 0.15) is 62.2 Å². The molecule has 0 saturated heterocycles. The quantitative estimate of drug-likeness (QED) is 0.598. The maximum absolute atomic E-state index is 12.8. The Balaban J connectivity index is 1.81. The molecule has 24 heavy (non-hydrogen) atoms. The second-order valence-corrected chi connectivity index (χ2v) is 9.31. The summed E-state index contributed by atoms with van der Waals surface area (Å²) in [7, 11) is 1.97. The van der Waals surface area contributed by atoms with Crippen LogP contribution < -0.4 is 15.9 Å². The average Bonchev–Trinajstić information content (AvgIpc) is 2.70. The highest BCUT2D eigenvalue weighted by molar-refractivity contribution is 9.14. The Labute approximate surface area is 157 Å². The lowest BCUT2D eigenvalue weighted by Crippen LogP contribution is -2.41. The second kappa shape index (κ2) is 7.25. The lowest BCUT2D eigenvalue weighted by molar-refractivity contribution is 0.0944. The molecule has 0 radical (unpaired) electrons. The molecule has 0 aliphatic heterocycles. The largest absolute Gasteiger partial charge is 0.352 e. The summed E-state index contributed by atoms with van der Waals surface area (Å²) in [5, 5.41) is 5.18. The van der Waals surface area contributed by atoms with Crippen molar-refractivity contribution in [1.29, 1.82) is 0 Å². The lowest BCUT2D eigenvalue weighted by Gasteiger charge is -2.20. The van der Waals surface area contributed by atoms with E-state index < -0.39 is 4.87 Å². The Bertz CT molecular complexity index is 742. The van der Waals surface area contributed by atoms with Crippen molar-refractivity contribution >= 4 is 44.0 Å². The third kappa shape index (κ3) is 3.91. The van der Waals surface area contributed by atoms with Crippen molar-refractivity contribution in [3.05, 3.63) is 22.3 Å². The number of carbonyl (C=O) groups excluding carboxylic acids is 1. The fourth-order valence-electron chi connectivity index (χ4n) is 3.90. The van der Waals surface area contributed by atoms with Gasteiger partial charge < -0.3 is 9.88 Å². The monoisotopic (exact) mass is 412 g/mol. The lowest BCUT2D eigenvalue weighted by atomic mass is 9.99. The van der Waals surface area contributed by atoms with Crippen LogP contribution in [-0.4, -0.2) is 21.9 Å². The van der Waals surface area contributed by atoms with Crippen LogP contribution in [0.5, 0.6) is 0 Å². The van der Waals surface area contributed by atoms with Gasteiger partial charge in [-0.15, -0.1) is 11.6 Å². The molecule has 0 bridgehead atoms. The van der Waals surface area contributed by atoms with E-state index in [0.29, 0.717) is 12.3 Å². The Kier molecular flexibility index (Phi) is 5.45. The summed E-state index contributed by atoms with van der Waals surface area (Å²) in [6, 6.07) is 0.